The van der Waals surface area contributed by atoms with E-state index in [2.05, 4.69) is 5.32 Å². The van der Waals surface area contributed by atoms with E-state index in [9.17, 15) is 24.0 Å². The fraction of sp³-hybridized carbons (Fsp3) is 0.500. The highest BCUT2D eigenvalue weighted by molar-refractivity contribution is 5.95. The Hall–Kier alpha value is -3.63. The van der Waals surface area contributed by atoms with Gasteiger partial charge in [-0.25, -0.2) is 4.79 Å². The summed E-state index contributed by atoms with van der Waals surface area (Å²) in [6.07, 6.45) is 0.489. The third kappa shape index (κ3) is 5.79. The molecule has 2 heterocycles. The second kappa shape index (κ2) is 10.3. The van der Waals surface area contributed by atoms with Crippen molar-refractivity contribution in [1.82, 2.24) is 15.1 Å². The van der Waals surface area contributed by atoms with Crippen LogP contribution in [0.5, 0.6) is 0 Å². The molecular formula is C22H29N5O6. The van der Waals surface area contributed by atoms with Gasteiger partial charge < -0.3 is 31.3 Å². The Labute approximate surface area is 191 Å². The van der Waals surface area contributed by atoms with Gasteiger partial charge in [0.25, 0.3) is 5.91 Å². The van der Waals surface area contributed by atoms with E-state index >= 15 is 0 Å². The summed E-state index contributed by atoms with van der Waals surface area (Å²) in [5.74, 6) is -1.94. The summed E-state index contributed by atoms with van der Waals surface area (Å²) in [7, 11) is 0. The first-order chi connectivity index (χ1) is 15.7. The SMILES string of the molecule is NC(=O)CC[C@@H](C(N)=O)N1CC2(CCCN(C(=O)COC(=O)NCc3ccccc3)C2)C1=O. The number of alkyl carbamates (subject to hydrolysis) is 1. The molecule has 0 bridgehead atoms. The van der Waals surface area contributed by atoms with Gasteiger partial charge in [0.15, 0.2) is 6.61 Å². The lowest BCUT2D eigenvalue weighted by Gasteiger charge is -2.54. The third-order valence-electron chi connectivity index (χ3n) is 6.09. The molecule has 0 aromatic heterocycles. The number of nitrogens with two attached hydrogens (primary N) is 2. The van der Waals surface area contributed by atoms with Crippen LogP contribution >= 0.6 is 0 Å². The molecule has 1 spiro atoms. The minimum atomic E-state index is -0.904. The van der Waals surface area contributed by atoms with Crippen molar-refractivity contribution in [3.63, 3.8) is 0 Å². The molecule has 0 saturated carbocycles. The molecular weight excluding hydrogens is 430 g/mol. The lowest BCUT2D eigenvalue weighted by atomic mass is 9.71. The van der Waals surface area contributed by atoms with Crippen molar-refractivity contribution in [3.05, 3.63) is 35.9 Å². The van der Waals surface area contributed by atoms with Crippen LogP contribution in [0.3, 0.4) is 0 Å². The van der Waals surface area contributed by atoms with E-state index in [1.165, 1.54) is 9.80 Å². The van der Waals surface area contributed by atoms with Crippen molar-refractivity contribution in [2.24, 2.45) is 16.9 Å². The highest BCUT2D eigenvalue weighted by Crippen LogP contribution is 2.42. The number of hydrogen-bond donors (Lipinski definition) is 3. The zero-order valence-corrected chi connectivity index (χ0v) is 18.3. The van der Waals surface area contributed by atoms with E-state index in [1.807, 2.05) is 30.3 Å². The zero-order valence-electron chi connectivity index (χ0n) is 18.3. The molecule has 2 aliphatic heterocycles. The maximum atomic E-state index is 13.0. The van der Waals surface area contributed by atoms with E-state index in [4.69, 9.17) is 16.2 Å². The maximum Gasteiger partial charge on any atom is 0.407 e. The van der Waals surface area contributed by atoms with Gasteiger partial charge in [-0.3, -0.25) is 19.2 Å². The Kier molecular flexibility index (Phi) is 7.52. The number of nitrogens with one attached hydrogen (secondary N) is 1. The van der Waals surface area contributed by atoms with Crippen LogP contribution in [0.15, 0.2) is 30.3 Å². The van der Waals surface area contributed by atoms with Gasteiger partial charge in [-0.05, 0) is 24.8 Å². The number of nitrogens with zero attached hydrogens (tertiary/aromatic N) is 2. The van der Waals surface area contributed by atoms with Gasteiger partial charge in [-0.2, -0.15) is 0 Å². The monoisotopic (exact) mass is 459 g/mol. The van der Waals surface area contributed by atoms with Crippen molar-refractivity contribution < 1.29 is 28.7 Å². The number of carbonyl (C=O) groups excluding carboxylic acids is 5. The first-order valence-corrected chi connectivity index (χ1v) is 10.8. The smallest absolute Gasteiger partial charge is 0.407 e. The molecule has 3 rings (SSSR count). The summed E-state index contributed by atoms with van der Waals surface area (Å²) < 4.78 is 5.03. The number of β-lactam (4-membered cyclic amide) rings is 1. The Morgan fingerprint density at radius 1 is 1.12 bits per heavy atom. The molecule has 33 heavy (non-hydrogen) atoms. The Balaban J connectivity index is 1.49. The predicted molar refractivity (Wildman–Crippen MR) is 116 cm³/mol. The average Bonchev–Trinajstić information content (AvgIpc) is 2.81. The Bertz CT molecular complexity index is 923. The molecule has 178 valence electrons. The maximum absolute atomic E-state index is 13.0. The van der Waals surface area contributed by atoms with Crippen molar-refractivity contribution >= 4 is 29.7 Å². The third-order valence-corrected chi connectivity index (χ3v) is 6.09. The Morgan fingerprint density at radius 3 is 2.48 bits per heavy atom. The van der Waals surface area contributed by atoms with E-state index in [0.29, 0.717) is 19.4 Å². The molecule has 0 radical (unpaired) electrons. The van der Waals surface area contributed by atoms with Gasteiger partial charge in [0.1, 0.15) is 6.04 Å². The van der Waals surface area contributed by atoms with Crippen LogP contribution in [-0.4, -0.2) is 71.8 Å². The highest BCUT2D eigenvalue weighted by atomic mass is 16.6. The summed E-state index contributed by atoms with van der Waals surface area (Å²) in [4.78, 5) is 63.1. The number of rotatable bonds is 9. The van der Waals surface area contributed by atoms with E-state index < -0.39 is 41.9 Å². The number of ether oxygens (including phenoxy) is 1. The molecule has 11 heteroatoms. The van der Waals surface area contributed by atoms with Crippen LogP contribution in [0.2, 0.25) is 0 Å². The molecule has 2 aliphatic rings. The van der Waals surface area contributed by atoms with Crippen molar-refractivity contribution in [2.75, 3.05) is 26.2 Å². The fourth-order valence-corrected chi connectivity index (χ4v) is 4.35. The number of hydrogen-bond acceptors (Lipinski definition) is 6. The first kappa shape index (κ1) is 24.0. The molecule has 1 aromatic carbocycles. The normalized spacial score (nSPS) is 20.7. The summed E-state index contributed by atoms with van der Waals surface area (Å²) in [5, 5.41) is 2.58. The first-order valence-electron chi connectivity index (χ1n) is 10.8. The number of piperidine rings is 1. The van der Waals surface area contributed by atoms with Crippen LogP contribution < -0.4 is 16.8 Å². The molecule has 2 atom stereocenters. The molecule has 5 N–H and O–H groups in total. The largest absolute Gasteiger partial charge is 0.439 e. The van der Waals surface area contributed by atoms with Gasteiger partial charge in [0.2, 0.25) is 17.7 Å². The highest BCUT2D eigenvalue weighted by Gasteiger charge is 2.56. The zero-order chi connectivity index (χ0) is 24.0. The van der Waals surface area contributed by atoms with Gasteiger partial charge in [-0.1, -0.05) is 30.3 Å². The summed E-state index contributed by atoms with van der Waals surface area (Å²) in [6, 6.07) is 8.38. The molecule has 2 saturated heterocycles. The summed E-state index contributed by atoms with van der Waals surface area (Å²) in [5.41, 5.74) is 10.7. The average molecular weight is 460 g/mol. The number of likely N-dealkylation sites (tertiary alicyclic amines) is 2. The molecule has 1 aromatic rings. The number of benzene rings is 1. The molecule has 5 amide bonds. The van der Waals surface area contributed by atoms with Gasteiger partial charge in [0, 0.05) is 32.6 Å². The van der Waals surface area contributed by atoms with E-state index in [0.717, 1.165) is 5.56 Å². The lowest BCUT2D eigenvalue weighted by Crippen LogP contribution is -2.71. The minimum Gasteiger partial charge on any atom is -0.439 e. The van der Waals surface area contributed by atoms with Gasteiger partial charge >= 0.3 is 6.09 Å². The molecule has 0 aliphatic carbocycles. The fourth-order valence-electron chi connectivity index (χ4n) is 4.35. The van der Waals surface area contributed by atoms with Crippen LogP contribution in [-0.2, 0) is 30.5 Å². The van der Waals surface area contributed by atoms with Gasteiger partial charge in [0.05, 0.1) is 5.41 Å². The molecule has 1 unspecified atom stereocenters. The van der Waals surface area contributed by atoms with E-state index in [-0.39, 0.29) is 38.4 Å². The second-order valence-electron chi connectivity index (χ2n) is 8.47. The standard InChI is InChI=1S/C22H29N5O6/c23-17(28)8-7-16(19(24)30)27-14-22(20(27)31)9-4-10-26(13-22)18(29)12-33-21(32)25-11-15-5-2-1-3-6-15/h1-3,5-6,16H,4,7-14H2,(H2,23,28)(H2,24,30)(H,25,32)/t16-,22?/m0/s1. The minimum absolute atomic E-state index is 0.0569. The van der Waals surface area contributed by atoms with E-state index in [1.54, 1.807) is 0 Å². The summed E-state index contributed by atoms with van der Waals surface area (Å²) >= 11 is 0. The lowest BCUT2D eigenvalue weighted by molar-refractivity contribution is -0.175. The number of amides is 5. The second-order valence-corrected chi connectivity index (χ2v) is 8.47. The van der Waals surface area contributed by atoms with Crippen LogP contribution in [0, 0.1) is 5.41 Å². The Morgan fingerprint density at radius 2 is 1.85 bits per heavy atom. The topological polar surface area (TPSA) is 165 Å². The molecule has 11 nitrogen and oxygen atoms in total. The predicted octanol–water partition coefficient (Wildman–Crippen LogP) is -0.517. The number of primary amides is 2. The van der Waals surface area contributed by atoms with Crippen molar-refractivity contribution in [1.29, 1.82) is 0 Å². The molecule has 2 fully saturated rings. The summed E-state index contributed by atoms with van der Waals surface area (Å²) in [6.45, 7) is 0.737. The van der Waals surface area contributed by atoms with Crippen LogP contribution in [0.4, 0.5) is 4.79 Å². The quantitative estimate of drug-likeness (QED) is 0.421. The number of carbonyl (C=O) groups is 5. The van der Waals surface area contributed by atoms with Crippen LogP contribution in [0.1, 0.15) is 31.2 Å². The van der Waals surface area contributed by atoms with Crippen molar-refractivity contribution in [3.8, 4) is 0 Å². The van der Waals surface area contributed by atoms with Gasteiger partial charge in [-0.15, -0.1) is 0 Å². The van der Waals surface area contributed by atoms with Crippen LogP contribution in [0.25, 0.3) is 0 Å². The van der Waals surface area contributed by atoms with Crippen molar-refractivity contribution in [2.45, 2.75) is 38.3 Å².